The minimum absolute atomic E-state index is 0.203. The first-order chi connectivity index (χ1) is 10.0. The van der Waals surface area contributed by atoms with Crippen molar-refractivity contribution in [3.63, 3.8) is 0 Å². The molecule has 0 saturated carbocycles. The molecular weight excluding hydrogens is 337 g/mol. The zero-order chi connectivity index (χ0) is 15.4. The molecule has 0 aliphatic carbocycles. The highest BCUT2D eigenvalue weighted by Crippen LogP contribution is 2.27. The Labute approximate surface area is 132 Å². The molecule has 0 amide bonds. The van der Waals surface area contributed by atoms with E-state index in [4.69, 9.17) is 15.2 Å². The molecule has 0 saturated heterocycles. The van der Waals surface area contributed by atoms with Gasteiger partial charge in [0.05, 0.1) is 11.6 Å². The van der Waals surface area contributed by atoms with Crippen molar-refractivity contribution in [2.45, 2.75) is 19.6 Å². The standard InChI is InChI=1S/C16H17BrFNO2/c1-10(19)12-4-6-16(14(18)8-12)21-9-11-3-5-15(20-2)13(17)7-11/h3-8,10H,9,19H2,1-2H3. The van der Waals surface area contributed by atoms with E-state index in [-0.39, 0.29) is 18.4 Å². The van der Waals surface area contributed by atoms with Gasteiger partial charge in [-0.1, -0.05) is 12.1 Å². The summed E-state index contributed by atoms with van der Waals surface area (Å²) in [5.41, 5.74) is 7.37. The second kappa shape index (κ2) is 6.91. The quantitative estimate of drug-likeness (QED) is 0.876. The summed E-state index contributed by atoms with van der Waals surface area (Å²) in [5.74, 6) is 0.551. The van der Waals surface area contributed by atoms with Gasteiger partial charge in [-0.15, -0.1) is 0 Å². The van der Waals surface area contributed by atoms with Crippen molar-refractivity contribution in [2.24, 2.45) is 5.73 Å². The van der Waals surface area contributed by atoms with Crippen molar-refractivity contribution in [1.29, 1.82) is 0 Å². The summed E-state index contributed by atoms with van der Waals surface area (Å²) in [5, 5.41) is 0. The minimum atomic E-state index is -0.405. The molecular formula is C16H17BrFNO2. The molecule has 0 radical (unpaired) electrons. The zero-order valence-corrected chi connectivity index (χ0v) is 13.5. The Kier molecular flexibility index (Phi) is 5.20. The Bertz CT molecular complexity index is 632. The van der Waals surface area contributed by atoms with E-state index in [0.717, 1.165) is 21.3 Å². The largest absolute Gasteiger partial charge is 0.496 e. The van der Waals surface area contributed by atoms with E-state index < -0.39 is 5.82 Å². The molecule has 2 rings (SSSR count). The van der Waals surface area contributed by atoms with Crippen LogP contribution in [0.3, 0.4) is 0 Å². The van der Waals surface area contributed by atoms with Gasteiger partial charge in [0.25, 0.3) is 0 Å². The van der Waals surface area contributed by atoms with Gasteiger partial charge in [-0.3, -0.25) is 0 Å². The Hall–Kier alpha value is -1.59. The first-order valence-corrected chi connectivity index (χ1v) is 7.31. The molecule has 0 aliphatic rings. The Morgan fingerprint density at radius 2 is 1.90 bits per heavy atom. The van der Waals surface area contributed by atoms with Crippen molar-refractivity contribution < 1.29 is 13.9 Å². The lowest BCUT2D eigenvalue weighted by molar-refractivity contribution is 0.289. The minimum Gasteiger partial charge on any atom is -0.496 e. The van der Waals surface area contributed by atoms with E-state index >= 15 is 0 Å². The number of hydrogen-bond donors (Lipinski definition) is 1. The highest BCUT2D eigenvalue weighted by atomic mass is 79.9. The SMILES string of the molecule is COc1ccc(COc2ccc(C(C)N)cc2F)cc1Br. The lowest BCUT2D eigenvalue weighted by Crippen LogP contribution is -2.06. The first-order valence-electron chi connectivity index (χ1n) is 6.51. The van der Waals surface area contributed by atoms with Crippen LogP contribution in [0.1, 0.15) is 24.1 Å². The maximum absolute atomic E-state index is 13.9. The predicted molar refractivity (Wildman–Crippen MR) is 84.0 cm³/mol. The smallest absolute Gasteiger partial charge is 0.165 e. The second-order valence-electron chi connectivity index (χ2n) is 4.74. The molecule has 1 atom stereocenters. The van der Waals surface area contributed by atoms with Crippen LogP contribution in [0.2, 0.25) is 0 Å². The van der Waals surface area contributed by atoms with Crippen molar-refractivity contribution >= 4 is 15.9 Å². The highest BCUT2D eigenvalue weighted by Gasteiger charge is 2.08. The van der Waals surface area contributed by atoms with Gasteiger partial charge in [-0.2, -0.15) is 0 Å². The van der Waals surface area contributed by atoms with Crippen LogP contribution in [0.5, 0.6) is 11.5 Å². The Morgan fingerprint density at radius 3 is 2.48 bits per heavy atom. The fraction of sp³-hybridized carbons (Fsp3) is 0.250. The number of methoxy groups -OCH3 is 1. The maximum atomic E-state index is 13.9. The van der Waals surface area contributed by atoms with Gasteiger partial charge < -0.3 is 15.2 Å². The molecule has 0 aliphatic heterocycles. The van der Waals surface area contributed by atoms with Crippen molar-refractivity contribution in [1.82, 2.24) is 0 Å². The van der Waals surface area contributed by atoms with Crippen molar-refractivity contribution in [2.75, 3.05) is 7.11 Å². The summed E-state index contributed by atoms with van der Waals surface area (Å²) in [6.45, 7) is 2.08. The molecule has 0 aromatic heterocycles. The molecule has 1 unspecified atom stereocenters. The summed E-state index contributed by atoms with van der Waals surface area (Å²) in [6, 6.07) is 10.2. The van der Waals surface area contributed by atoms with Crippen LogP contribution in [0.25, 0.3) is 0 Å². The Balaban J connectivity index is 2.08. The molecule has 0 spiro atoms. The van der Waals surface area contributed by atoms with Crippen LogP contribution < -0.4 is 15.2 Å². The number of benzene rings is 2. The van der Waals surface area contributed by atoms with Gasteiger partial charge in [0.15, 0.2) is 11.6 Å². The van der Waals surface area contributed by atoms with E-state index in [0.29, 0.717) is 0 Å². The lowest BCUT2D eigenvalue weighted by atomic mass is 10.1. The molecule has 0 bridgehead atoms. The third kappa shape index (κ3) is 3.95. The maximum Gasteiger partial charge on any atom is 0.165 e. The number of ether oxygens (including phenoxy) is 2. The van der Waals surface area contributed by atoms with Gasteiger partial charge in [0.1, 0.15) is 12.4 Å². The molecule has 0 heterocycles. The van der Waals surface area contributed by atoms with Gasteiger partial charge in [0, 0.05) is 6.04 Å². The van der Waals surface area contributed by atoms with Gasteiger partial charge in [0.2, 0.25) is 0 Å². The van der Waals surface area contributed by atoms with Crippen LogP contribution in [-0.4, -0.2) is 7.11 Å². The van der Waals surface area contributed by atoms with Crippen LogP contribution in [0, 0.1) is 5.82 Å². The third-order valence-electron chi connectivity index (χ3n) is 3.09. The average molecular weight is 354 g/mol. The molecule has 2 N–H and O–H groups in total. The van der Waals surface area contributed by atoms with Gasteiger partial charge in [-0.25, -0.2) is 4.39 Å². The molecule has 5 heteroatoms. The molecule has 0 fully saturated rings. The van der Waals surface area contributed by atoms with Crippen LogP contribution in [0.15, 0.2) is 40.9 Å². The molecule has 2 aromatic rings. The zero-order valence-electron chi connectivity index (χ0n) is 11.9. The fourth-order valence-corrected chi connectivity index (χ4v) is 2.47. The van der Waals surface area contributed by atoms with Crippen LogP contribution >= 0.6 is 15.9 Å². The van der Waals surface area contributed by atoms with Crippen LogP contribution in [-0.2, 0) is 6.61 Å². The van der Waals surface area contributed by atoms with E-state index in [1.807, 2.05) is 25.1 Å². The van der Waals surface area contributed by atoms with Crippen molar-refractivity contribution in [3.8, 4) is 11.5 Å². The van der Waals surface area contributed by atoms with E-state index in [1.54, 1.807) is 19.2 Å². The van der Waals surface area contributed by atoms with Crippen LogP contribution in [0.4, 0.5) is 4.39 Å². The fourth-order valence-electron chi connectivity index (χ4n) is 1.88. The summed E-state index contributed by atoms with van der Waals surface area (Å²) < 4.78 is 25.4. The van der Waals surface area contributed by atoms with E-state index in [2.05, 4.69) is 15.9 Å². The summed E-state index contributed by atoms with van der Waals surface area (Å²) in [4.78, 5) is 0. The van der Waals surface area contributed by atoms with Gasteiger partial charge >= 0.3 is 0 Å². The van der Waals surface area contributed by atoms with E-state index in [9.17, 15) is 4.39 Å². The Morgan fingerprint density at radius 1 is 1.19 bits per heavy atom. The number of hydrogen-bond acceptors (Lipinski definition) is 3. The second-order valence-corrected chi connectivity index (χ2v) is 5.59. The first kappa shape index (κ1) is 15.8. The summed E-state index contributed by atoms with van der Waals surface area (Å²) >= 11 is 3.40. The average Bonchev–Trinajstić information content (AvgIpc) is 2.46. The predicted octanol–water partition coefficient (Wildman–Crippen LogP) is 4.20. The molecule has 3 nitrogen and oxygen atoms in total. The number of nitrogens with two attached hydrogens (primary N) is 1. The topological polar surface area (TPSA) is 44.5 Å². The lowest BCUT2D eigenvalue weighted by Gasteiger charge is -2.11. The normalized spacial score (nSPS) is 12.0. The monoisotopic (exact) mass is 353 g/mol. The number of halogens is 2. The van der Waals surface area contributed by atoms with Crippen molar-refractivity contribution in [3.05, 3.63) is 57.8 Å². The van der Waals surface area contributed by atoms with Gasteiger partial charge in [-0.05, 0) is 58.2 Å². The molecule has 21 heavy (non-hydrogen) atoms. The third-order valence-corrected chi connectivity index (χ3v) is 3.71. The number of rotatable bonds is 5. The highest BCUT2D eigenvalue weighted by molar-refractivity contribution is 9.10. The van der Waals surface area contributed by atoms with E-state index in [1.165, 1.54) is 6.07 Å². The summed E-state index contributed by atoms with van der Waals surface area (Å²) in [7, 11) is 1.60. The molecule has 2 aromatic carbocycles. The molecule has 112 valence electrons. The summed E-state index contributed by atoms with van der Waals surface area (Å²) in [6.07, 6.45) is 0.